The molecule has 0 aliphatic rings. The third-order valence-electron chi connectivity index (χ3n) is 1.90. The molecule has 2 aromatic rings. The van der Waals surface area contributed by atoms with Gasteiger partial charge in [-0.05, 0) is 18.1 Å². The number of rotatable bonds is 3. The van der Waals surface area contributed by atoms with Crippen LogP contribution >= 0.6 is 11.3 Å². The molecule has 0 radical (unpaired) electrons. The van der Waals surface area contributed by atoms with Gasteiger partial charge in [-0.1, -0.05) is 19.0 Å². The van der Waals surface area contributed by atoms with E-state index < -0.39 is 0 Å². The van der Waals surface area contributed by atoms with Crippen molar-refractivity contribution in [3.63, 3.8) is 0 Å². The molecule has 0 unspecified atom stereocenters. The summed E-state index contributed by atoms with van der Waals surface area (Å²) < 4.78 is 5.16. The molecule has 15 heavy (non-hydrogen) atoms. The van der Waals surface area contributed by atoms with Gasteiger partial charge in [-0.3, -0.25) is 0 Å². The molecule has 0 fully saturated rings. The van der Waals surface area contributed by atoms with Gasteiger partial charge in [0.05, 0.1) is 9.88 Å². The third kappa shape index (κ3) is 2.36. The minimum atomic E-state index is 0.531. The molecule has 0 bridgehead atoms. The average Bonchev–Trinajstić information content (AvgIpc) is 2.72. The fourth-order valence-electron chi connectivity index (χ4n) is 1.27. The lowest BCUT2D eigenvalue weighted by Crippen LogP contribution is -1.95. The fraction of sp³-hybridized carbons (Fsp3) is 0.400. The molecule has 0 spiro atoms. The van der Waals surface area contributed by atoms with Crippen LogP contribution in [0.5, 0.6) is 0 Å². The summed E-state index contributed by atoms with van der Waals surface area (Å²) in [5.41, 5.74) is 5.63. The number of aromatic nitrogens is 2. The van der Waals surface area contributed by atoms with Crippen molar-refractivity contribution < 1.29 is 4.52 Å². The van der Waals surface area contributed by atoms with Gasteiger partial charge in [0.1, 0.15) is 0 Å². The van der Waals surface area contributed by atoms with E-state index in [1.807, 2.05) is 12.1 Å². The third-order valence-corrected chi connectivity index (χ3v) is 2.80. The molecular formula is C10H13N3OS. The normalized spacial score (nSPS) is 11.1. The molecule has 0 aliphatic heterocycles. The highest BCUT2D eigenvalue weighted by Crippen LogP contribution is 2.28. The zero-order valence-electron chi connectivity index (χ0n) is 8.73. The first-order valence-corrected chi connectivity index (χ1v) is 5.65. The lowest BCUT2D eigenvalue weighted by molar-refractivity contribution is 0.418. The zero-order chi connectivity index (χ0) is 10.8. The summed E-state index contributed by atoms with van der Waals surface area (Å²) >= 11 is 1.45. The van der Waals surface area contributed by atoms with Gasteiger partial charge in [-0.25, -0.2) is 0 Å². The van der Waals surface area contributed by atoms with Crippen LogP contribution in [-0.4, -0.2) is 10.1 Å². The molecule has 5 heteroatoms. The summed E-state index contributed by atoms with van der Waals surface area (Å²) in [7, 11) is 0. The number of hydrogen-bond acceptors (Lipinski definition) is 5. The Bertz CT molecular complexity index is 447. The second-order valence-corrected chi connectivity index (χ2v) is 4.93. The average molecular weight is 223 g/mol. The Morgan fingerprint density at radius 1 is 1.47 bits per heavy atom. The zero-order valence-corrected chi connectivity index (χ0v) is 9.54. The Hall–Kier alpha value is -1.36. The highest BCUT2D eigenvalue weighted by atomic mass is 32.1. The van der Waals surface area contributed by atoms with E-state index in [9.17, 15) is 0 Å². The Morgan fingerprint density at radius 2 is 2.27 bits per heavy atom. The van der Waals surface area contributed by atoms with Crippen molar-refractivity contribution in [2.24, 2.45) is 5.92 Å². The van der Waals surface area contributed by atoms with Crippen molar-refractivity contribution in [3.8, 4) is 10.8 Å². The molecule has 0 saturated carbocycles. The van der Waals surface area contributed by atoms with Gasteiger partial charge in [0.2, 0.25) is 0 Å². The van der Waals surface area contributed by atoms with Crippen LogP contribution in [0.4, 0.5) is 5.00 Å². The molecule has 2 aromatic heterocycles. The number of thiophene rings is 1. The highest BCUT2D eigenvalue weighted by Gasteiger charge is 2.11. The second kappa shape index (κ2) is 4.02. The molecule has 0 amide bonds. The molecule has 2 heterocycles. The summed E-state index contributed by atoms with van der Waals surface area (Å²) in [4.78, 5) is 5.24. The Labute approximate surface area is 92.1 Å². The van der Waals surface area contributed by atoms with Crippen LogP contribution in [0.2, 0.25) is 0 Å². The second-order valence-electron chi connectivity index (χ2n) is 3.82. The lowest BCUT2D eigenvalue weighted by atomic mass is 10.1. The van der Waals surface area contributed by atoms with Crippen LogP contribution in [0.15, 0.2) is 16.7 Å². The number of nitrogens with two attached hydrogens (primary N) is 1. The van der Waals surface area contributed by atoms with Gasteiger partial charge in [-0.2, -0.15) is 4.98 Å². The Morgan fingerprint density at radius 3 is 2.87 bits per heavy atom. The van der Waals surface area contributed by atoms with E-state index in [2.05, 4.69) is 24.0 Å². The largest absolute Gasteiger partial charge is 0.391 e. The predicted octanol–water partition coefficient (Wildman–Crippen LogP) is 2.58. The smallest absolute Gasteiger partial charge is 0.268 e. The fourth-order valence-corrected chi connectivity index (χ4v) is 1.97. The van der Waals surface area contributed by atoms with E-state index in [1.165, 1.54) is 11.3 Å². The number of nitrogen functional groups attached to an aromatic ring is 1. The lowest BCUT2D eigenvalue weighted by Gasteiger charge is -1.95. The molecule has 80 valence electrons. The maximum Gasteiger partial charge on any atom is 0.268 e. The van der Waals surface area contributed by atoms with Gasteiger partial charge in [0.15, 0.2) is 5.82 Å². The molecular weight excluding hydrogens is 210 g/mol. The minimum Gasteiger partial charge on any atom is -0.391 e. The molecule has 0 aliphatic carbocycles. The van der Waals surface area contributed by atoms with Crippen LogP contribution in [0.25, 0.3) is 10.8 Å². The standard InChI is InChI=1S/C10H13N3OS/c1-6(2)5-9-12-10(14-13-9)7-3-4-8(11)15-7/h3-4,6H,5,11H2,1-2H3. The van der Waals surface area contributed by atoms with Crippen molar-refractivity contribution in [3.05, 3.63) is 18.0 Å². The van der Waals surface area contributed by atoms with Crippen molar-refractivity contribution in [1.29, 1.82) is 0 Å². The predicted molar refractivity (Wildman–Crippen MR) is 60.6 cm³/mol. The molecule has 0 aromatic carbocycles. The van der Waals surface area contributed by atoms with Crippen LogP contribution in [0.1, 0.15) is 19.7 Å². The van der Waals surface area contributed by atoms with Crippen LogP contribution < -0.4 is 5.73 Å². The van der Waals surface area contributed by atoms with E-state index in [0.717, 1.165) is 22.1 Å². The maximum atomic E-state index is 5.63. The molecule has 2 N–H and O–H groups in total. The van der Waals surface area contributed by atoms with Gasteiger partial charge in [0, 0.05) is 6.42 Å². The quantitative estimate of drug-likeness (QED) is 0.868. The maximum absolute atomic E-state index is 5.63. The molecule has 4 nitrogen and oxygen atoms in total. The molecule has 2 rings (SSSR count). The van der Waals surface area contributed by atoms with Gasteiger partial charge in [0.25, 0.3) is 5.89 Å². The Balaban J connectivity index is 2.20. The molecule has 0 atom stereocenters. The first-order chi connectivity index (χ1) is 7.15. The highest BCUT2D eigenvalue weighted by molar-refractivity contribution is 7.19. The monoisotopic (exact) mass is 223 g/mol. The van der Waals surface area contributed by atoms with Gasteiger partial charge in [-0.15, -0.1) is 11.3 Å². The summed E-state index contributed by atoms with van der Waals surface area (Å²) in [6, 6.07) is 3.74. The summed E-state index contributed by atoms with van der Waals surface area (Å²) in [5, 5.41) is 4.68. The SMILES string of the molecule is CC(C)Cc1noc(-c2ccc(N)s2)n1. The Kier molecular flexibility index (Phi) is 2.73. The van der Waals surface area contributed by atoms with Crippen LogP contribution in [-0.2, 0) is 6.42 Å². The first-order valence-electron chi connectivity index (χ1n) is 4.83. The van der Waals surface area contributed by atoms with Gasteiger partial charge < -0.3 is 10.3 Å². The number of anilines is 1. The number of nitrogens with zero attached hydrogens (tertiary/aromatic N) is 2. The summed E-state index contributed by atoms with van der Waals surface area (Å²) in [6.07, 6.45) is 0.838. The van der Waals surface area contributed by atoms with E-state index in [0.29, 0.717) is 11.8 Å². The van der Waals surface area contributed by atoms with E-state index in [4.69, 9.17) is 10.3 Å². The van der Waals surface area contributed by atoms with Crippen LogP contribution in [0, 0.1) is 5.92 Å². The van der Waals surface area contributed by atoms with Crippen molar-refractivity contribution in [2.45, 2.75) is 20.3 Å². The van der Waals surface area contributed by atoms with E-state index in [1.54, 1.807) is 0 Å². The first kappa shape index (κ1) is 10.2. The van der Waals surface area contributed by atoms with Crippen molar-refractivity contribution >= 4 is 16.3 Å². The number of hydrogen-bond donors (Lipinski definition) is 1. The summed E-state index contributed by atoms with van der Waals surface area (Å²) in [5.74, 6) is 1.85. The van der Waals surface area contributed by atoms with Crippen molar-refractivity contribution in [1.82, 2.24) is 10.1 Å². The van der Waals surface area contributed by atoms with Gasteiger partial charge >= 0.3 is 0 Å². The van der Waals surface area contributed by atoms with Crippen LogP contribution in [0.3, 0.4) is 0 Å². The topological polar surface area (TPSA) is 64.9 Å². The van der Waals surface area contributed by atoms with E-state index in [-0.39, 0.29) is 0 Å². The minimum absolute atomic E-state index is 0.531. The summed E-state index contributed by atoms with van der Waals surface area (Å²) in [6.45, 7) is 4.25. The molecule has 0 saturated heterocycles. The van der Waals surface area contributed by atoms with Crippen molar-refractivity contribution in [2.75, 3.05) is 5.73 Å². The van der Waals surface area contributed by atoms with E-state index >= 15 is 0 Å².